The topological polar surface area (TPSA) is 138 Å². The Bertz CT molecular complexity index is 1770. The van der Waals surface area contributed by atoms with Gasteiger partial charge in [-0.05, 0) is 87.2 Å². The van der Waals surface area contributed by atoms with Crippen LogP contribution < -0.4 is 11.1 Å². The predicted molar refractivity (Wildman–Crippen MR) is 214 cm³/mol. The van der Waals surface area contributed by atoms with E-state index in [9.17, 15) is 32.3 Å². The van der Waals surface area contributed by atoms with Crippen LogP contribution in [0, 0.1) is 5.92 Å². The van der Waals surface area contributed by atoms with Crippen molar-refractivity contribution < 1.29 is 41.8 Å². The van der Waals surface area contributed by atoms with Gasteiger partial charge < -0.3 is 35.2 Å². The highest BCUT2D eigenvalue weighted by Gasteiger charge is 2.39. The number of ether oxygens (including phenoxy) is 2. The number of unbranched alkanes of at least 4 members (excludes halogenated alkanes) is 3. The van der Waals surface area contributed by atoms with E-state index in [2.05, 4.69) is 17.1 Å². The van der Waals surface area contributed by atoms with Crippen LogP contribution in [0.1, 0.15) is 87.8 Å². The van der Waals surface area contributed by atoms with Crippen molar-refractivity contribution >= 4 is 47.0 Å². The average Bonchev–Trinajstić information content (AvgIpc) is 3.39. The van der Waals surface area contributed by atoms with Gasteiger partial charge in [-0.15, -0.1) is 0 Å². The van der Waals surface area contributed by atoms with Crippen LogP contribution in [0.25, 0.3) is 0 Å². The van der Waals surface area contributed by atoms with Crippen LogP contribution >= 0.6 is 11.6 Å². The number of carbonyl (C=O) groups excluding carboxylic acids is 4. The molecule has 4 aliphatic rings. The lowest BCUT2D eigenvalue weighted by atomic mass is 9.93. The Labute approximate surface area is 343 Å². The Balaban J connectivity index is 1.08. The van der Waals surface area contributed by atoms with Crippen LogP contribution in [-0.2, 0) is 38.1 Å². The van der Waals surface area contributed by atoms with E-state index in [0.717, 1.165) is 62.4 Å². The minimum absolute atomic E-state index is 0.0519. The van der Waals surface area contributed by atoms with Crippen molar-refractivity contribution in [3.63, 3.8) is 0 Å². The molecule has 0 radical (unpaired) electrons. The van der Waals surface area contributed by atoms with Gasteiger partial charge >= 0.3 is 24.3 Å². The number of benzene rings is 2. The van der Waals surface area contributed by atoms with Crippen LogP contribution in [-0.4, -0.2) is 114 Å². The standard InChI is InChI=1S/C42H56ClF3N6O6/c1-2-3-4-7-23-57-39(54)30-10-8-17-51(27-30)31-13-18-49(19-14-31)38(53)36(26-28-24-33(42(44,45)46)37(47)34(43)25-28)58-41(56)50-20-15-32(16-21-50)52-22-12-29-9-5-6-11-35(29)48-40(52)55/h5-6,9,11,24-25,30-32,36H,2-4,7-8,10,12-23,26-27,47H2,1H3,(H,48,55). The molecule has 0 saturated carbocycles. The second kappa shape index (κ2) is 19.7. The Hall–Kier alpha value is -4.24. The van der Waals surface area contributed by atoms with Gasteiger partial charge in [0, 0.05) is 63.5 Å². The molecule has 2 aromatic rings. The second-order valence-corrected chi connectivity index (χ2v) is 16.4. The number of urea groups is 1. The number of esters is 1. The van der Waals surface area contributed by atoms with Gasteiger partial charge in [0.05, 0.1) is 28.8 Å². The number of rotatable bonds is 12. The number of anilines is 2. The van der Waals surface area contributed by atoms with Crippen molar-refractivity contribution in [3.8, 4) is 0 Å². The zero-order valence-electron chi connectivity index (χ0n) is 33.2. The number of para-hydroxylation sites is 1. The molecular weight excluding hydrogens is 777 g/mol. The van der Waals surface area contributed by atoms with Gasteiger partial charge in [0.15, 0.2) is 6.10 Å². The fourth-order valence-corrected chi connectivity index (χ4v) is 8.96. The number of nitrogen functional groups attached to an aromatic ring is 1. The number of likely N-dealkylation sites (tertiary alicyclic amines) is 3. The molecule has 12 nitrogen and oxygen atoms in total. The number of hydrogen-bond donors (Lipinski definition) is 2. The first-order valence-corrected chi connectivity index (χ1v) is 21.2. The lowest BCUT2D eigenvalue weighted by Crippen LogP contribution is -2.53. The van der Waals surface area contributed by atoms with Crippen molar-refractivity contribution in [3.05, 3.63) is 58.1 Å². The summed E-state index contributed by atoms with van der Waals surface area (Å²) < 4.78 is 53.2. The molecule has 0 aromatic heterocycles. The summed E-state index contributed by atoms with van der Waals surface area (Å²) in [6.07, 6.45) is 1.37. The first-order valence-electron chi connectivity index (χ1n) is 20.8. The number of nitrogens with two attached hydrogens (primary N) is 1. The molecule has 4 heterocycles. The number of nitrogens with zero attached hydrogens (tertiary/aromatic N) is 4. The Morgan fingerprint density at radius 2 is 1.64 bits per heavy atom. The Kier molecular flexibility index (Phi) is 14.7. The summed E-state index contributed by atoms with van der Waals surface area (Å²) in [7, 11) is 0. The van der Waals surface area contributed by atoms with Crippen LogP contribution in [0.15, 0.2) is 36.4 Å². The quantitative estimate of drug-likeness (QED) is 0.129. The molecule has 3 saturated heterocycles. The Morgan fingerprint density at radius 3 is 2.36 bits per heavy atom. The van der Waals surface area contributed by atoms with Crippen LogP contribution in [0.4, 0.5) is 34.1 Å². The molecular formula is C42H56ClF3N6O6. The highest BCUT2D eigenvalue weighted by Crippen LogP contribution is 2.38. The van der Waals surface area contributed by atoms with Crippen molar-refractivity contribution in [2.75, 3.05) is 63.5 Å². The largest absolute Gasteiger partial charge is 0.465 e. The van der Waals surface area contributed by atoms with Crippen molar-refractivity contribution in [1.82, 2.24) is 19.6 Å². The fourth-order valence-electron chi connectivity index (χ4n) is 8.72. The van der Waals surface area contributed by atoms with Crippen molar-refractivity contribution in [2.45, 2.75) is 108 Å². The number of amides is 4. The molecule has 0 spiro atoms. The molecule has 2 unspecified atom stereocenters. The predicted octanol–water partition coefficient (Wildman–Crippen LogP) is 7.37. The zero-order valence-corrected chi connectivity index (χ0v) is 34.0. The number of hydrogen-bond acceptors (Lipinski definition) is 8. The minimum Gasteiger partial charge on any atom is -0.465 e. The van der Waals surface area contributed by atoms with Crippen LogP contribution in [0.3, 0.4) is 0 Å². The van der Waals surface area contributed by atoms with Crippen molar-refractivity contribution in [2.24, 2.45) is 5.92 Å². The molecule has 0 aliphatic carbocycles. The number of alkyl halides is 3. The first kappa shape index (κ1) is 43.3. The minimum atomic E-state index is -4.79. The van der Waals surface area contributed by atoms with Gasteiger partial charge in [0.25, 0.3) is 5.91 Å². The SMILES string of the molecule is CCCCCCOC(=O)C1CCCN(C2CCN(C(=O)C(Cc3cc(Cl)c(N)c(C(F)(F)F)c3)OC(=O)N3CCC(N4CCc5ccccc5NC4=O)CC3)CC2)C1. The zero-order chi connectivity index (χ0) is 41.4. The number of carbonyl (C=O) groups is 4. The van der Waals surface area contributed by atoms with E-state index in [1.807, 2.05) is 24.3 Å². The van der Waals surface area contributed by atoms with E-state index < -0.39 is 35.5 Å². The van der Waals surface area contributed by atoms with Crippen LogP contribution in [0.2, 0.25) is 5.02 Å². The summed E-state index contributed by atoms with van der Waals surface area (Å²) in [5.74, 6) is -0.856. The third-order valence-electron chi connectivity index (χ3n) is 12.1. The van der Waals surface area contributed by atoms with Gasteiger partial charge in [0.2, 0.25) is 0 Å². The van der Waals surface area contributed by atoms with Gasteiger partial charge in [-0.1, -0.05) is 56.0 Å². The summed E-state index contributed by atoms with van der Waals surface area (Å²) in [6, 6.07) is 9.60. The molecule has 3 fully saturated rings. The highest BCUT2D eigenvalue weighted by atomic mass is 35.5. The van der Waals surface area contributed by atoms with Crippen molar-refractivity contribution in [1.29, 1.82) is 0 Å². The maximum Gasteiger partial charge on any atom is 0.418 e. The Morgan fingerprint density at radius 1 is 0.931 bits per heavy atom. The molecule has 318 valence electrons. The smallest absolute Gasteiger partial charge is 0.418 e. The number of piperidine rings is 3. The van der Waals surface area contributed by atoms with Gasteiger partial charge in [-0.3, -0.25) is 14.5 Å². The monoisotopic (exact) mass is 832 g/mol. The number of halogens is 4. The molecule has 16 heteroatoms. The third-order valence-corrected chi connectivity index (χ3v) is 12.4. The van der Waals surface area contributed by atoms with E-state index in [1.54, 1.807) is 9.80 Å². The maximum atomic E-state index is 14.2. The molecule has 6 rings (SSSR count). The van der Waals surface area contributed by atoms with Gasteiger partial charge in [-0.25, -0.2) is 9.59 Å². The molecule has 0 bridgehead atoms. The van der Waals surface area contributed by atoms with Gasteiger partial charge in [-0.2, -0.15) is 13.2 Å². The third kappa shape index (κ3) is 10.9. The van der Waals surface area contributed by atoms with E-state index in [0.29, 0.717) is 64.9 Å². The lowest BCUT2D eigenvalue weighted by Gasteiger charge is -2.42. The van der Waals surface area contributed by atoms with E-state index in [-0.39, 0.29) is 60.1 Å². The normalized spacial score (nSPS) is 20.5. The molecule has 58 heavy (non-hydrogen) atoms. The maximum absolute atomic E-state index is 14.2. The van der Waals surface area contributed by atoms with Gasteiger partial charge in [0.1, 0.15) is 0 Å². The fraction of sp³-hybridized carbons (Fsp3) is 0.619. The summed E-state index contributed by atoms with van der Waals surface area (Å²) in [6.45, 7) is 5.77. The highest BCUT2D eigenvalue weighted by molar-refractivity contribution is 6.33. The van der Waals surface area contributed by atoms with E-state index >= 15 is 0 Å². The lowest BCUT2D eigenvalue weighted by molar-refractivity contribution is -0.151. The summed E-state index contributed by atoms with van der Waals surface area (Å²) in [5, 5.41) is 2.67. The molecule has 4 amide bonds. The van der Waals surface area contributed by atoms with E-state index in [4.69, 9.17) is 26.8 Å². The summed E-state index contributed by atoms with van der Waals surface area (Å²) >= 11 is 6.15. The number of fused-ring (bicyclic) bond motifs is 1. The molecule has 4 aliphatic heterocycles. The molecule has 2 aromatic carbocycles. The number of nitrogens with one attached hydrogen (secondary N) is 1. The first-order chi connectivity index (χ1) is 27.8. The molecule has 3 N–H and O–H groups in total. The summed E-state index contributed by atoms with van der Waals surface area (Å²) in [5.41, 5.74) is 5.82. The summed E-state index contributed by atoms with van der Waals surface area (Å²) in [4.78, 5) is 61.1. The average molecular weight is 833 g/mol. The molecule has 2 atom stereocenters. The van der Waals surface area contributed by atoms with E-state index in [1.165, 1.54) is 11.0 Å². The second-order valence-electron chi connectivity index (χ2n) is 16.0. The van der Waals surface area contributed by atoms with Crippen LogP contribution in [0.5, 0.6) is 0 Å².